The Morgan fingerprint density at radius 2 is 1.85 bits per heavy atom. The summed E-state index contributed by atoms with van der Waals surface area (Å²) in [5.74, 6) is 0.0299. The molecule has 0 bridgehead atoms. The van der Waals surface area contributed by atoms with E-state index in [9.17, 15) is 17.6 Å². The molecule has 0 aliphatic rings. The van der Waals surface area contributed by atoms with E-state index >= 15 is 0 Å². The Hall–Kier alpha value is -2.33. The fourth-order valence-corrected chi connectivity index (χ4v) is 1.98. The zero-order valence-corrected chi connectivity index (χ0v) is 15.2. The van der Waals surface area contributed by atoms with Crippen molar-refractivity contribution in [2.45, 2.75) is 32.6 Å². The van der Waals surface area contributed by atoms with E-state index in [2.05, 4.69) is 24.9 Å². The van der Waals surface area contributed by atoms with E-state index in [0.717, 1.165) is 6.07 Å². The molecule has 27 heavy (non-hydrogen) atoms. The maximum Gasteiger partial charge on any atom is 0.387 e. The van der Waals surface area contributed by atoms with Crippen molar-refractivity contribution in [1.29, 1.82) is 0 Å². The van der Waals surface area contributed by atoms with Gasteiger partial charge in [0.2, 0.25) is 0 Å². The monoisotopic (exact) mass is 411 g/mol. The van der Waals surface area contributed by atoms with Crippen molar-refractivity contribution >= 4 is 24.6 Å². The van der Waals surface area contributed by atoms with Crippen LogP contribution in [0.2, 0.25) is 0 Å². The first kappa shape index (κ1) is 22.7. The quantitative estimate of drug-likeness (QED) is 0.629. The Balaban J connectivity index is 0.00000364. The van der Waals surface area contributed by atoms with Gasteiger partial charge in [-0.25, -0.2) is 0 Å². The van der Waals surface area contributed by atoms with Crippen molar-refractivity contribution in [1.82, 2.24) is 15.5 Å². The number of likely N-dealkylation sites (N-methyl/N-ethyl adjacent to an activating group) is 1. The largest absolute Gasteiger partial charge is 0.435 e. The predicted octanol–water partition coefficient (Wildman–Crippen LogP) is 4.02. The van der Waals surface area contributed by atoms with Gasteiger partial charge in [-0.1, -0.05) is 5.16 Å². The zero-order valence-electron chi connectivity index (χ0n) is 14.4. The molecule has 0 fully saturated rings. The van der Waals surface area contributed by atoms with E-state index in [1.165, 1.54) is 24.3 Å². The van der Waals surface area contributed by atoms with Crippen molar-refractivity contribution < 1.29 is 31.6 Å². The molecule has 0 saturated heterocycles. The number of nitrogens with zero attached hydrogens (tertiary/aromatic N) is 2. The average Bonchev–Trinajstić information content (AvgIpc) is 3.00. The number of benzene rings is 1. The number of ether oxygens (including phenoxy) is 2. The number of nitrogens with one attached hydrogen (secondary N) is 1. The number of alkyl halides is 4. The molecular formula is C16H18ClF4N3O3. The summed E-state index contributed by atoms with van der Waals surface area (Å²) in [5.41, 5.74) is 0.204. The van der Waals surface area contributed by atoms with Gasteiger partial charge < -0.3 is 19.3 Å². The molecule has 0 saturated carbocycles. The molecule has 0 radical (unpaired) electrons. The molecule has 1 aromatic carbocycles. The van der Waals surface area contributed by atoms with Gasteiger partial charge in [-0.3, -0.25) is 0 Å². The van der Waals surface area contributed by atoms with Crippen LogP contribution in [0.25, 0.3) is 12.2 Å². The molecule has 150 valence electrons. The van der Waals surface area contributed by atoms with E-state index in [1.54, 1.807) is 7.05 Å². The van der Waals surface area contributed by atoms with Crippen LogP contribution in [-0.4, -0.2) is 36.5 Å². The van der Waals surface area contributed by atoms with Crippen LogP contribution in [0, 0.1) is 0 Å². The topological polar surface area (TPSA) is 69.4 Å². The molecule has 2 rings (SSSR count). The minimum atomic E-state index is -3.12. The fraction of sp³-hybridized carbons (Fsp3) is 0.375. The van der Waals surface area contributed by atoms with Gasteiger partial charge in [0.15, 0.2) is 5.82 Å². The lowest BCUT2D eigenvalue weighted by Gasteiger charge is -2.10. The van der Waals surface area contributed by atoms with Gasteiger partial charge in [0.05, 0.1) is 0 Å². The summed E-state index contributed by atoms with van der Waals surface area (Å²) in [5, 5.41) is 6.83. The number of hydrogen-bond donors (Lipinski definition) is 1. The fourth-order valence-electron chi connectivity index (χ4n) is 1.98. The van der Waals surface area contributed by atoms with Gasteiger partial charge in [-0.05, 0) is 32.2 Å². The van der Waals surface area contributed by atoms with Crippen LogP contribution in [-0.2, 0) is 6.42 Å². The second-order valence-electron chi connectivity index (χ2n) is 5.23. The highest BCUT2D eigenvalue weighted by Crippen LogP contribution is 2.29. The number of halogens is 5. The molecule has 0 aliphatic heterocycles. The predicted molar refractivity (Wildman–Crippen MR) is 92.4 cm³/mol. The molecule has 2 aromatic rings. The van der Waals surface area contributed by atoms with Crippen LogP contribution >= 0.6 is 12.4 Å². The number of hydrogen-bond acceptors (Lipinski definition) is 6. The summed E-state index contributed by atoms with van der Waals surface area (Å²) in [6.07, 6.45) is 3.34. The van der Waals surface area contributed by atoms with Crippen molar-refractivity contribution in [3.63, 3.8) is 0 Å². The highest BCUT2D eigenvalue weighted by Gasteiger charge is 2.13. The molecule has 1 aromatic heterocycles. The van der Waals surface area contributed by atoms with Crippen molar-refractivity contribution in [3.8, 4) is 11.5 Å². The molecule has 1 atom stereocenters. The van der Waals surface area contributed by atoms with E-state index in [4.69, 9.17) is 4.52 Å². The van der Waals surface area contributed by atoms with Gasteiger partial charge >= 0.3 is 13.2 Å². The first-order valence-corrected chi connectivity index (χ1v) is 7.59. The zero-order chi connectivity index (χ0) is 19.1. The Kier molecular flexibility index (Phi) is 9.03. The summed E-state index contributed by atoms with van der Waals surface area (Å²) in [7, 11) is 1.80. The van der Waals surface area contributed by atoms with Crippen LogP contribution in [0.4, 0.5) is 17.6 Å². The van der Waals surface area contributed by atoms with Gasteiger partial charge in [0.25, 0.3) is 5.89 Å². The third kappa shape index (κ3) is 7.43. The standard InChI is InChI=1S/C16H17F4N3O3.ClH/c1-9(21-2)7-13-22-14(26-23-13)6-4-10-3-5-11(24-15(17)18)8-12(10)25-16(19)20;/h3-6,8-9,15-16,21H,7H2,1-2H3;1H/b6-4+;. The lowest BCUT2D eigenvalue weighted by atomic mass is 10.1. The van der Waals surface area contributed by atoms with Crippen molar-refractivity contribution in [3.05, 3.63) is 35.5 Å². The van der Waals surface area contributed by atoms with E-state index in [0.29, 0.717) is 12.2 Å². The number of rotatable bonds is 9. The Morgan fingerprint density at radius 1 is 1.15 bits per heavy atom. The summed E-state index contributed by atoms with van der Waals surface area (Å²) in [6.45, 7) is -4.25. The lowest BCUT2D eigenvalue weighted by Crippen LogP contribution is -2.24. The van der Waals surface area contributed by atoms with Crippen molar-refractivity contribution in [2.75, 3.05) is 7.05 Å². The molecular weight excluding hydrogens is 394 g/mol. The molecule has 1 heterocycles. The molecule has 0 aliphatic carbocycles. The van der Waals surface area contributed by atoms with Gasteiger partial charge in [0, 0.05) is 30.2 Å². The van der Waals surface area contributed by atoms with Gasteiger partial charge in [-0.2, -0.15) is 22.5 Å². The SMILES string of the molecule is CNC(C)Cc1noc(/C=C/c2ccc(OC(F)F)cc2OC(F)F)n1.Cl. The summed E-state index contributed by atoms with van der Waals surface area (Å²) >= 11 is 0. The minimum absolute atomic E-state index is 0. The Labute approximate surface area is 158 Å². The Morgan fingerprint density at radius 3 is 2.48 bits per heavy atom. The highest BCUT2D eigenvalue weighted by molar-refractivity contribution is 5.85. The smallest absolute Gasteiger partial charge is 0.387 e. The molecule has 1 N–H and O–H groups in total. The highest BCUT2D eigenvalue weighted by atomic mass is 35.5. The average molecular weight is 412 g/mol. The number of aromatic nitrogens is 2. The summed E-state index contributed by atoms with van der Waals surface area (Å²) < 4.78 is 63.1. The van der Waals surface area contributed by atoms with Crippen LogP contribution in [0.5, 0.6) is 11.5 Å². The van der Waals surface area contributed by atoms with E-state index in [1.807, 2.05) is 6.92 Å². The first-order valence-electron chi connectivity index (χ1n) is 7.59. The first-order chi connectivity index (χ1) is 12.4. The summed E-state index contributed by atoms with van der Waals surface area (Å²) in [4.78, 5) is 4.14. The maximum absolute atomic E-state index is 12.5. The van der Waals surface area contributed by atoms with Crippen LogP contribution in [0.3, 0.4) is 0 Å². The molecule has 0 spiro atoms. The third-order valence-electron chi connectivity index (χ3n) is 3.30. The van der Waals surface area contributed by atoms with E-state index < -0.39 is 13.2 Å². The maximum atomic E-state index is 12.5. The second kappa shape index (κ2) is 10.7. The normalized spacial score (nSPS) is 12.4. The van der Waals surface area contributed by atoms with Crippen LogP contribution in [0.15, 0.2) is 22.7 Å². The Bertz CT molecular complexity index is 743. The van der Waals surface area contributed by atoms with Crippen molar-refractivity contribution in [2.24, 2.45) is 0 Å². The van der Waals surface area contributed by atoms with E-state index in [-0.39, 0.29) is 41.4 Å². The van der Waals surface area contributed by atoms with Crippen LogP contribution in [0.1, 0.15) is 24.2 Å². The van der Waals surface area contributed by atoms with Crippen LogP contribution < -0.4 is 14.8 Å². The minimum Gasteiger partial charge on any atom is -0.435 e. The molecule has 11 heteroatoms. The van der Waals surface area contributed by atoms with Gasteiger partial charge in [-0.15, -0.1) is 12.4 Å². The molecule has 6 nitrogen and oxygen atoms in total. The summed E-state index contributed by atoms with van der Waals surface area (Å²) in [6, 6.07) is 3.61. The molecule has 0 amide bonds. The second-order valence-corrected chi connectivity index (χ2v) is 5.23. The van der Waals surface area contributed by atoms with Gasteiger partial charge in [0.1, 0.15) is 11.5 Å². The lowest BCUT2D eigenvalue weighted by molar-refractivity contribution is -0.0543. The third-order valence-corrected chi connectivity index (χ3v) is 3.30. The molecule has 1 unspecified atom stereocenters.